The zero-order valence-electron chi connectivity index (χ0n) is 20.5. The van der Waals surface area contributed by atoms with Gasteiger partial charge in [-0.3, -0.25) is 14.0 Å². The number of hydrogen-bond acceptors (Lipinski definition) is 4. The number of para-hydroxylation sites is 1. The van der Waals surface area contributed by atoms with Gasteiger partial charge in [-0.05, 0) is 79.9 Å². The molecule has 1 aliphatic rings. The number of nitrogens with one attached hydrogen (secondary N) is 1. The second kappa shape index (κ2) is 11.9. The number of rotatable bonds is 9. The van der Waals surface area contributed by atoms with Gasteiger partial charge in [0.15, 0.2) is 0 Å². The average molecular weight is 526 g/mol. The van der Waals surface area contributed by atoms with E-state index in [1.165, 1.54) is 49.1 Å². The van der Waals surface area contributed by atoms with Crippen molar-refractivity contribution in [2.45, 2.75) is 44.2 Å². The maximum Gasteiger partial charge on any atom is 0.264 e. The number of nitrogens with zero attached hydrogens (tertiary/aromatic N) is 2. The van der Waals surface area contributed by atoms with Crippen LogP contribution in [0.15, 0.2) is 77.7 Å². The van der Waals surface area contributed by atoms with E-state index in [-0.39, 0.29) is 17.3 Å². The zero-order valence-corrected chi connectivity index (χ0v) is 22.1. The lowest BCUT2D eigenvalue weighted by atomic mass is 10.1. The number of aryl methyl sites for hydroxylation is 1. The summed E-state index contributed by atoms with van der Waals surface area (Å²) in [7, 11) is -3.99. The number of amides is 1. The molecule has 190 valence electrons. The molecule has 0 atom stereocenters. The molecule has 6 nitrogen and oxygen atoms in total. The van der Waals surface area contributed by atoms with Gasteiger partial charge >= 0.3 is 0 Å². The first kappa shape index (κ1) is 26.2. The van der Waals surface area contributed by atoms with Crippen LogP contribution in [0.3, 0.4) is 0 Å². The highest BCUT2D eigenvalue weighted by Gasteiger charge is 2.28. The van der Waals surface area contributed by atoms with E-state index in [2.05, 4.69) is 22.3 Å². The van der Waals surface area contributed by atoms with Gasteiger partial charge in [-0.25, -0.2) is 8.42 Å². The number of sulfonamides is 1. The standard InChI is InChI=1S/C28H32ClN3O3S/c1-22-8-3-4-11-27(22)32(36(34,35)26-14-12-25(29)13-15-26)21-28(33)30-19-23-9-7-10-24(18-23)20-31-16-5-2-6-17-31/h3-4,7-15,18H,2,5-6,16-17,19-21H2,1H3,(H,30,33). The Balaban J connectivity index is 1.47. The molecule has 4 rings (SSSR count). The fourth-order valence-electron chi connectivity index (χ4n) is 4.48. The number of hydrogen-bond donors (Lipinski definition) is 1. The second-order valence-electron chi connectivity index (χ2n) is 9.19. The van der Waals surface area contributed by atoms with Crippen LogP contribution in [0.5, 0.6) is 0 Å². The van der Waals surface area contributed by atoms with Crippen molar-refractivity contribution < 1.29 is 13.2 Å². The van der Waals surface area contributed by atoms with Crippen molar-refractivity contribution in [2.75, 3.05) is 23.9 Å². The first-order valence-electron chi connectivity index (χ1n) is 12.2. The van der Waals surface area contributed by atoms with E-state index >= 15 is 0 Å². The maximum atomic E-state index is 13.5. The lowest BCUT2D eigenvalue weighted by molar-refractivity contribution is -0.119. The van der Waals surface area contributed by atoms with E-state index in [1.54, 1.807) is 12.1 Å². The Morgan fingerprint density at radius 3 is 2.36 bits per heavy atom. The summed E-state index contributed by atoms with van der Waals surface area (Å²) in [6.07, 6.45) is 3.79. The van der Waals surface area contributed by atoms with Gasteiger partial charge in [-0.2, -0.15) is 0 Å². The predicted molar refractivity (Wildman–Crippen MR) is 145 cm³/mol. The van der Waals surface area contributed by atoms with Crippen molar-refractivity contribution in [1.29, 1.82) is 0 Å². The molecule has 0 aromatic heterocycles. The molecular weight excluding hydrogens is 494 g/mol. The second-order valence-corrected chi connectivity index (χ2v) is 11.5. The van der Waals surface area contributed by atoms with E-state index in [4.69, 9.17) is 11.6 Å². The Morgan fingerprint density at radius 1 is 0.944 bits per heavy atom. The number of halogens is 1. The number of benzene rings is 3. The van der Waals surface area contributed by atoms with Crippen molar-refractivity contribution in [3.8, 4) is 0 Å². The lowest BCUT2D eigenvalue weighted by Crippen LogP contribution is -2.41. The van der Waals surface area contributed by atoms with Gasteiger partial charge < -0.3 is 5.32 Å². The molecule has 0 bridgehead atoms. The molecule has 3 aromatic carbocycles. The van der Waals surface area contributed by atoms with Crippen LogP contribution in [0.1, 0.15) is 36.0 Å². The van der Waals surface area contributed by atoms with Crippen LogP contribution in [-0.2, 0) is 27.9 Å². The largest absolute Gasteiger partial charge is 0.350 e. The summed E-state index contributed by atoms with van der Waals surface area (Å²) in [6, 6.07) is 21.3. The van der Waals surface area contributed by atoms with E-state index in [9.17, 15) is 13.2 Å². The third kappa shape index (κ3) is 6.66. The summed E-state index contributed by atoms with van der Waals surface area (Å²) < 4.78 is 28.2. The molecule has 3 aromatic rings. The van der Waals surface area contributed by atoms with Crippen molar-refractivity contribution in [2.24, 2.45) is 0 Å². The van der Waals surface area contributed by atoms with Crippen LogP contribution in [0.2, 0.25) is 5.02 Å². The van der Waals surface area contributed by atoms with E-state index in [0.29, 0.717) is 17.3 Å². The molecule has 1 saturated heterocycles. The number of anilines is 1. The molecule has 0 radical (unpaired) electrons. The molecular formula is C28H32ClN3O3S. The van der Waals surface area contributed by atoms with Gasteiger partial charge in [-0.1, -0.05) is 60.5 Å². The van der Waals surface area contributed by atoms with Crippen LogP contribution in [-0.4, -0.2) is 38.9 Å². The van der Waals surface area contributed by atoms with E-state index < -0.39 is 10.0 Å². The molecule has 1 amide bonds. The van der Waals surface area contributed by atoms with Crippen molar-refractivity contribution >= 4 is 33.2 Å². The lowest BCUT2D eigenvalue weighted by Gasteiger charge is -2.26. The third-order valence-electron chi connectivity index (χ3n) is 6.41. The SMILES string of the molecule is Cc1ccccc1N(CC(=O)NCc1cccc(CN2CCCCC2)c1)S(=O)(=O)c1ccc(Cl)cc1. The van der Waals surface area contributed by atoms with Crippen molar-refractivity contribution in [3.05, 3.63) is 94.5 Å². The number of likely N-dealkylation sites (tertiary alicyclic amines) is 1. The van der Waals surface area contributed by atoms with E-state index in [1.807, 2.05) is 31.2 Å². The molecule has 8 heteroatoms. The summed E-state index contributed by atoms with van der Waals surface area (Å²) in [4.78, 5) is 15.5. The Kier molecular flexibility index (Phi) is 8.67. The molecule has 36 heavy (non-hydrogen) atoms. The van der Waals surface area contributed by atoms with E-state index in [0.717, 1.165) is 35.1 Å². The fraction of sp³-hybridized carbons (Fsp3) is 0.321. The van der Waals surface area contributed by atoms with Gasteiger partial charge in [0.25, 0.3) is 10.0 Å². The van der Waals surface area contributed by atoms with Gasteiger partial charge in [0.05, 0.1) is 10.6 Å². The normalized spacial score (nSPS) is 14.4. The summed E-state index contributed by atoms with van der Waals surface area (Å²) >= 11 is 5.96. The highest BCUT2D eigenvalue weighted by atomic mass is 35.5. The van der Waals surface area contributed by atoms with Gasteiger partial charge in [0.1, 0.15) is 6.54 Å². The predicted octanol–water partition coefficient (Wildman–Crippen LogP) is 5.15. The van der Waals surface area contributed by atoms with Gasteiger partial charge in [0.2, 0.25) is 5.91 Å². The van der Waals surface area contributed by atoms with Crippen LogP contribution < -0.4 is 9.62 Å². The quantitative estimate of drug-likeness (QED) is 0.419. The van der Waals surface area contributed by atoms with Gasteiger partial charge in [0, 0.05) is 18.1 Å². The van der Waals surface area contributed by atoms with Crippen LogP contribution in [0.4, 0.5) is 5.69 Å². The minimum atomic E-state index is -3.99. The molecule has 1 heterocycles. The monoisotopic (exact) mass is 525 g/mol. The minimum absolute atomic E-state index is 0.0772. The summed E-state index contributed by atoms with van der Waals surface area (Å²) in [6.45, 7) is 4.97. The summed E-state index contributed by atoms with van der Waals surface area (Å²) in [5, 5.41) is 3.34. The van der Waals surface area contributed by atoms with Crippen molar-refractivity contribution in [1.82, 2.24) is 10.2 Å². The first-order valence-corrected chi connectivity index (χ1v) is 14.1. The number of carbonyl (C=O) groups is 1. The van der Waals surface area contributed by atoms with Crippen LogP contribution in [0, 0.1) is 6.92 Å². The average Bonchev–Trinajstić information content (AvgIpc) is 2.88. The smallest absolute Gasteiger partial charge is 0.264 e. The zero-order chi connectivity index (χ0) is 25.5. The molecule has 1 aliphatic heterocycles. The highest BCUT2D eigenvalue weighted by Crippen LogP contribution is 2.27. The Bertz CT molecular complexity index is 1290. The molecule has 1 fully saturated rings. The summed E-state index contributed by atoms with van der Waals surface area (Å²) in [5.41, 5.74) is 3.43. The molecule has 1 N–H and O–H groups in total. The fourth-order valence-corrected chi connectivity index (χ4v) is 6.09. The topological polar surface area (TPSA) is 69.7 Å². The molecule has 0 unspecified atom stereocenters. The molecule has 0 aliphatic carbocycles. The summed E-state index contributed by atoms with van der Waals surface area (Å²) in [5.74, 6) is -0.378. The Morgan fingerprint density at radius 2 is 1.64 bits per heavy atom. The Labute approximate surface area is 218 Å². The van der Waals surface area contributed by atoms with Crippen LogP contribution in [0.25, 0.3) is 0 Å². The highest BCUT2D eigenvalue weighted by molar-refractivity contribution is 7.92. The van der Waals surface area contributed by atoms with Crippen LogP contribution >= 0.6 is 11.6 Å². The van der Waals surface area contributed by atoms with Gasteiger partial charge in [-0.15, -0.1) is 0 Å². The molecule has 0 spiro atoms. The number of piperidine rings is 1. The van der Waals surface area contributed by atoms with Crippen molar-refractivity contribution in [3.63, 3.8) is 0 Å². The Hall–Kier alpha value is -2.87. The minimum Gasteiger partial charge on any atom is -0.350 e. The molecule has 0 saturated carbocycles. The maximum absolute atomic E-state index is 13.5. The third-order valence-corrected chi connectivity index (χ3v) is 8.43. The number of carbonyl (C=O) groups excluding carboxylic acids is 1. The first-order chi connectivity index (χ1) is 17.3.